The summed E-state index contributed by atoms with van der Waals surface area (Å²) in [4.78, 5) is 17.4. The molecule has 0 fully saturated rings. The third-order valence-electron chi connectivity index (χ3n) is 3.97. The van der Waals surface area contributed by atoms with Crippen molar-refractivity contribution >= 4 is 39.9 Å². The smallest absolute Gasteiger partial charge is 0.261 e. The van der Waals surface area contributed by atoms with Gasteiger partial charge in [0.25, 0.3) is 5.91 Å². The lowest BCUT2D eigenvalue weighted by Crippen LogP contribution is -2.21. The number of nitrogens with zero attached hydrogens (tertiary/aromatic N) is 1. The third kappa shape index (κ3) is 3.91. The van der Waals surface area contributed by atoms with E-state index in [4.69, 9.17) is 16.0 Å². The molecule has 0 bridgehead atoms. The average molecular weight is 375 g/mol. The molecule has 0 aliphatic heterocycles. The number of carbonyl (C=O) groups excluding carboxylic acids is 1. The summed E-state index contributed by atoms with van der Waals surface area (Å²) in [6, 6.07) is 25.6. The van der Waals surface area contributed by atoms with E-state index in [1.54, 1.807) is 30.3 Å². The molecule has 132 valence electrons. The first-order valence-electron chi connectivity index (χ1n) is 8.39. The summed E-state index contributed by atoms with van der Waals surface area (Å²) in [5.41, 5.74) is 2.52. The van der Waals surface area contributed by atoms with Gasteiger partial charge in [-0.2, -0.15) is 0 Å². The normalized spacial score (nSPS) is 11.5. The van der Waals surface area contributed by atoms with Crippen molar-refractivity contribution in [2.24, 2.45) is 4.99 Å². The van der Waals surface area contributed by atoms with Crippen molar-refractivity contribution in [3.63, 3.8) is 0 Å². The summed E-state index contributed by atoms with van der Waals surface area (Å²) in [6.45, 7) is 0. The molecule has 0 saturated heterocycles. The van der Waals surface area contributed by atoms with Crippen LogP contribution in [0.1, 0.15) is 10.4 Å². The van der Waals surface area contributed by atoms with Crippen molar-refractivity contribution in [2.45, 2.75) is 0 Å². The van der Waals surface area contributed by atoms with E-state index in [-0.39, 0.29) is 11.5 Å². The minimum Gasteiger partial charge on any atom is -0.438 e. The van der Waals surface area contributed by atoms with Crippen molar-refractivity contribution in [3.05, 3.63) is 101 Å². The van der Waals surface area contributed by atoms with E-state index in [2.05, 4.69) is 10.3 Å². The first-order valence-corrected chi connectivity index (χ1v) is 8.76. The molecule has 0 atom stereocenters. The summed E-state index contributed by atoms with van der Waals surface area (Å²) in [5, 5.41) is 4.26. The van der Waals surface area contributed by atoms with Crippen LogP contribution in [0.2, 0.25) is 5.02 Å². The summed E-state index contributed by atoms with van der Waals surface area (Å²) in [5.74, 6) is -0.295. The van der Waals surface area contributed by atoms with Gasteiger partial charge in [0.1, 0.15) is 11.1 Å². The Bertz CT molecular complexity index is 1180. The Morgan fingerprint density at radius 1 is 0.889 bits per heavy atom. The van der Waals surface area contributed by atoms with Crippen LogP contribution in [0.3, 0.4) is 0 Å². The molecule has 27 heavy (non-hydrogen) atoms. The Kier molecular flexibility index (Phi) is 4.73. The largest absolute Gasteiger partial charge is 0.438 e. The highest BCUT2D eigenvalue weighted by Gasteiger charge is 2.13. The van der Waals surface area contributed by atoms with E-state index in [0.29, 0.717) is 27.5 Å². The highest BCUT2D eigenvalue weighted by molar-refractivity contribution is 6.30. The second kappa shape index (κ2) is 7.48. The van der Waals surface area contributed by atoms with Crippen molar-refractivity contribution in [2.75, 3.05) is 5.32 Å². The SMILES string of the molecule is O=C(Nc1ccccc1)c1cc2ccccc2oc1=Nc1cccc(Cl)c1. The number of nitrogens with one attached hydrogen (secondary N) is 1. The van der Waals surface area contributed by atoms with Crippen LogP contribution in [0.15, 0.2) is 94.3 Å². The van der Waals surface area contributed by atoms with Crippen molar-refractivity contribution < 1.29 is 9.21 Å². The lowest BCUT2D eigenvalue weighted by molar-refractivity contribution is 0.102. The first-order chi connectivity index (χ1) is 13.2. The number of benzene rings is 3. The molecule has 4 rings (SSSR count). The highest BCUT2D eigenvalue weighted by atomic mass is 35.5. The summed E-state index contributed by atoms with van der Waals surface area (Å²) >= 11 is 6.05. The van der Waals surface area contributed by atoms with Crippen LogP contribution in [0.25, 0.3) is 11.0 Å². The predicted molar refractivity (Wildman–Crippen MR) is 107 cm³/mol. The van der Waals surface area contributed by atoms with Gasteiger partial charge in [0.05, 0.1) is 5.69 Å². The molecule has 1 aromatic heterocycles. The second-order valence-electron chi connectivity index (χ2n) is 5.91. The van der Waals surface area contributed by atoms with Crippen LogP contribution in [0.4, 0.5) is 11.4 Å². The molecule has 1 heterocycles. The van der Waals surface area contributed by atoms with E-state index < -0.39 is 0 Å². The maximum atomic E-state index is 12.9. The van der Waals surface area contributed by atoms with Gasteiger partial charge in [-0.25, -0.2) is 4.99 Å². The average Bonchev–Trinajstić information content (AvgIpc) is 2.68. The number of fused-ring (bicyclic) bond motifs is 1. The van der Waals surface area contributed by atoms with Crippen LogP contribution in [0.5, 0.6) is 0 Å². The minimum atomic E-state index is -0.295. The fraction of sp³-hybridized carbons (Fsp3) is 0. The van der Waals surface area contributed by atoms with E-state index in [9.17, 15) is 4.79 Å². The Balaban J connectivity index is 1.85. The van der Waals surface area contributed by atoms with Gasteiger partial charge >= 0.3 is 0 Å². The molecule has 0 aliphatic rings. The van der Waals surface area contributed by atoms with Crippen LogP contribution in [-0.4, -0.2) is 5.91 Å². The number of halogens is 1. The van der Waals surface area contributed by atoms with E-state index in [0.717, 1.165) is 5.39 Å². The lowest BCUT2D eigenvalue weighted by Gasteiger charge is -2.07. The number of hydrogen-bond donors (Lipinski definition) is 1. The Morgan fingerprint density at radius 2 is 1.67 bits per heavy atom. The predicted octanol–water partition coefficient (Wildman–Crippen LogP) is 5.57. The van der Waals surface area contributed by atoms with Gasteiger partial charge in [-0.05, 0) is 42.5 Å². The van der Waals surface area contributed by atoms with E-state index >= 15 is 0 Å². The third-order valence-corrected chi connectivity index (χ3v) is 4.21. The van der Waals surface area contributed by atoms with Crippen LogP contribution in [0, 0.1) is 0 Å². The summed E-state index contributed by atoms with van der Waals surface area (Å²) in [6.07, 6.45) is 0. The van der Waals surface area contributed by atoms with Gasteiger partial charge < -0.3 is 9.73 Å². The molecule has 0 radical (unpaired) electrons. The minimum absolute atomic E-state index is 0.226. The lowest BCUT2D eigenvalue weighted by atomic mass is 10.1. The molecular formula is C22H15ClN2O2. The number of para-hydroxylation sites is 2. The number of rotatable bonds is 3. The molecular weight excluding hydrogens is 360 g/mol. The van der Waals surface area contributed by atoms with Crippen molar-refractivity contribution in [3.8, 4) is 0 Å². The van der Waals surface area contributed by atoms with Crippen molar-refractivity contribution in [1.29, 1.82) is 0 Å². The molecule has 0 unspecified atom stereocenters. The molecule has 3 aromatic carbocycles. The van der Waals surface area contributed by atoms with Crippen LogP contribution in [-0.2, 0) is 0 Å². The maximum absolute atomic E-state index is 12.9. The number of carbonyl (C=O) groups is 1. The second-order valence-corrected chi connectivity index (χ2v) is 6.35. The topological polar surface area (TPSA) is 54.6 Å². The summed E-state index contributed by atoms with van der Waals surface area (Å²) < 4.78 is 5.92. The highest BCUT2D eigenvalue weighted by Crippen LogP contribution is 2.19. The van der Waals surface area contributed by atoms with Crippen LogP contribution >= 0.6 is 11.6 Å². The molecule has 1 N–H and O–H groups in total. The number of hydrogen-bond acceptors (Lipinski definition) is 3. The van der Waals surface area contributed by atoms with Crippen LogP contribution < -0.4 is 10.9 Å². The van der Waals surface area contributed by atoms with Gasteiger partial charge in [-0.1, -0.05) is 54.1 Å². The zero-order valence-electron chi connectivity index (χ0n) is 14.2. The quantitative estimate of drug-likeness (QED) is 0.509. The standard InChI is InChI=1S/C22H15ClN2O2/c23-16-8-6-11-18(14-16)25-22-19(13-15-7-4-5-12-20(15)27-22)21(26)24-17-9-2-1-3-10-17/h1-14H,(H,24,26). The Hall–Kier alpha value is -3.37. The molecule has 5 heteroatoms. The fourth-order valence-electron chi connectivity index (χ4n) is 2.70. The van der Waals surface area contributed by atoms with Crippen molar-refractivity contribution in [1.82, 2.24) is 0 Å². The molecule has 0 aliphatic carbocycles. The van der Waals surface area contributed by atoms with E-state index in [1.807, 2.05) is 54.6 Å². The van der Waals surface area contributed by atoms with E-state index in [1.165, 1.54) is 0 Å². The zero-order chi connectivity index (χ0) is 18.6. The molecule has 4 aromatic rings. The maximum Gasteiger partial charge on any atom is 0.261 e. The number of anilines is 1. The molecule has 1 amide bonds. The Morgan fingerprint density at radius 3 is 2.48 bits per heavy atom. The van der Waals surface area contributed by atoms with Gasteiger partial charge in [-0.15, -0.1) is 0 Å². The molecule has 4 nitrogen and oxygen atoms in total. The fourth-order valence-corrected chi connectivity index (χ4v) is 2.88. The molecule has 0 spiro atoms. The van der Waals surface area contributed by atoms with Gasteiger partial charge in [0.2, 0.25) is 5.55 Å². The Labute approximate surface area is 160 Å². The zero-order valence-corrected chi connectivity index (χ0v) is 15.0. The molecule has 0 saturated carbocycles. The van der Waals surface area contributed by atoms with Gasteiger partial charge in [0, 0.05) is 16.1 Å². The number of amides is 1. The first kappa shape index (κ1) is 17.1. The monoisotopic (exact) mass is 374 g/mol. The summed E-state index contributed by atoms with van der Waals surface area (Å²) in [7, 11) is 0. The van der Waals surface area contributed by atoms with Gasteiger partial charge in [0.15, 0.2) is 0 Å². The van der Waals surface area contributed by atoms with Gasteiger partial charge in [-0.3, -0.25) is 4.79 Å².